The van der Waals surface area contributed by atoms with Crippen LogP contribution in [0, 0.1) is 5.92 Å². The standard InChI is InChI=1S/C15H18N2OS/c1-2-10-7-8-17(9-10)15(18)14-13(16)11-5-3-4-6-12(11)19-14/h3-6,10H,2,7-9,16H2,1H3. The van der Waals surface area contributed by atoms with E-state index in [-0.39, 0.29) is 5.91 Å². The highest BCUT2D eigenvalue weighted by Crippen LogP contribution is 2.35. The summed E-state index contributed by atoms with van der Waals surface area (Å²) in [6.45, 7) is 3.93. The van der Waals surface area contributed by atoms with E-state index in [0.29, 0.717) is 16.5 Å². The number of anilines is 1. The number of rotatable bonds is 2. The van der Waals surface area contributed by atoms with Gasteiger partial charge in [-0.3, -0.25) is 4.79 Å². The number of hydrogen-bond donors (Lipinski definition) is 1. The zero-order chi connectivity index (χ0) is 13.4. The molecule has 1 saturated heterocycles. The number of carbonyl (C=O) groups is 1. The Kier molecular flexibility index (Phi) is 3.19. The Bertz CT molecular complexity index is 620. The topological polar surface area (TPSA) is 46.3 Å². The fraction of sp³-hybridized carbons (Fsp3) is 0.400. The van der Waals surface area contributed by atoms with Gasteiger partial charge < -0.3 is 10.6 Å². The smallest absolute Gasteiger partial charge is 0.266 e. The molecular weight excluding hydrogens is 256 g/mol. The molecule has 1 aromatic heterocycles. The predicted molar refractivity (Wildman–Crippen MR) is 80.5 cm³/mol. The van der Waals surface area contributed by atoms with Crippen LogP contribution in [0.3, 0.4) is 0 Å². The summed E-state index contributed by atoms with van der Waals surface area (Å²) >= 11 is 1.51. The summed E-state index contributed by atoms with van der Waals surface area (Å²) < 4.78 is 1.09. The third-order valence-electron chi connectivity index (χ3n) is 3.98. The molecule has 0 radical (unpaired) electrons. The van der Waals surface area contributed by atoms with E-state index in [1.54, 1.807) is 0 Å². The summed E-state index contributed by atoms with van der Waals surface area (Å²) in [6.07, 6.45) is 2.26. The van der Waals surface area contributed by atoms with E-state index in [0.717, 1.165) is 36.0 Å². The molecule has 0 aliphatic carbocycles. The van der Waals surface area contributed by atoms with Crippen molar-refractivity contribution in [2.45, 2.75) is 19.8 Å². The number of nitrogens with two attached hydrogens (primary N) is 1. The van der Waals surface area contributed by atoms with Crippen LogP contribution in [-0.4, -0.2) is 23.9 Å². The third-order valence-corrected chi connectivity index (χ3v) is 5.15. The molecule has 4 heteroatoms. The Morgan fingerprint density at radius 1 is 1.47 bits per heavy atom. The van der Waals surface area contributed by atoms with Gasteiger partial charge in [0, 0.05) is 23.2 Å². The van der Waals surface area contributed by atoms with Gasteiger partial charge in [0.2, 0.25) is 0 Å². The summed E-state index contributed by atoms with van der Waals surface area (Å²) in [6, 6.07) is 7.95. The molecule has 1 atom stereocenters. The lowest BCUT2D eigenvalue weighted by atomic mass is 10.1. The summed E-state index contributed by atoms with van der Waals surface area (Å²) in [4.78, 5) is 15.2. The van der Waals surface area contributed by atoms with Crippen LogP contribution in [0.15, 0.2) is 24.3 Å². The first-order valence-corrected chi connectivity index (χ1v) is 7.58. The molecule has 1 aromatic carbocycles. The van der Waals surface area contributed by atoms with Crippen molar-refractivity contribution >= 4 is 33.0 Å². The Balaban J connectivity index is 1.92. The Morgan fingerprint density at radius 3 is 2.95 bits per heavy atom. The molecule has 1 fully saturated rings. The molecule has 1 amide bonds. The Morgan fingerprint density at radius 2 is 2.26 bits per heavy atom. The molecule has 0 saturated carbocycles. The molecular formula is C15H18N2OS. The van der Waals surface area contributed by atoms with Crippen LogP contribution in [0.1, 0.15) is 29.4 Å². The molecule has 100 valence electrons. The maximum atomic E-state index is 12.6. The van der Waals surface area contributed by atoms with E-state index < -0.39 is 0 Å². The fourth-order valence-electron chi connectivity index (χ4n) is 2.72. The second-order valence-electron chi connectivity index (χ2n) is 5.16. The summed E-state index contributed by atoms with van der Waals surface area (Å²) in [5.74, 6) is 0.759. The summed E-state index contributed by atoms with van der Waals surface area (Å²) in [7, 11) is 0. The number of nitrogens with zero attached hydrogens (tertiary/aromatic N) is 1. The lowest BCUT2D eigenvalue weighted by Crippen LogP contribution is -2.28. The van der Waals surface area contributed by atoms with Gasteiger partial charge in [0.05, 0.1) is 5.69 Å². The van der Waals surface area contributed by atoms with Crippen LogP contribution in [0.25, 0.3) is 10.1 Å². The van der Waals surface area contributed by atoms with Crippen molar-refractivity contribution in [2.75, 3.05) is 18.8 Å². The number of nitrogen functional groups attached to an aromatic ring is 1. The number of amides is 1. The lowest BCUT2D eigenvalue weighted by Gasteiger charge is -2.15. The minimum Gasteiger partial charge on any atom is -0.397 e. The van der Waals surface area contributed by atoms with Gasteiger partial charge in [-0.2, -0.15) is 0 Å². The molecule has 0 spiro atoms. The summed E-state index contributed by atoms with van der Waals surface area (Å²) in [5, 5.41) is 1.00. The van der Waals surface area contributed by atoms with Gasteiger partial charge in [-0.05, 0) is 18.4 Å². The molecule has 1 unspecified atom stereocenters. The number of likely N-dealkylation sites (tertiary alicyclic amines) is 1. The molecule has 0 bridgehead atoms. The second-order valence-corrected chi connectivity index (χ2v) is 6.21. The van der Waals surface area contributed by atoms with Gasteiger partial charge in [0.1, 0.15) is 4.88 Å². The van der Waals surface area contributed by atoms with Gasteiger partial charge in [0.25, 0.3) is 5.91 Å². The Hall–Kier alpha value is -1.55. The van der Waals surface area contributed by atoms with Gasteiger partial charge in [-0.25, -0.2) is 0 Å². The summed E-state index contributed by atoms with van der Waals surface area (Å²) in [5.41, 5.74) is 6.78. The lowest BCUT2D eigenvalue weighted by molar-refractivity contribution is 0.0792. The highest BCUT2D eigenvalue weighted by molar-refractivity contribution is 7.21. The first-order chi connectivity index (χ1) is 9.20. The zero-order valence-electron chi connectivity index (χ0n) is 11.1. The monoisotopic (exact) mass is 274 g/mol. The second kappa shape index (κ2) is 4.85. The fourth-order valence-corrected chi connectivity index (χ4v) is 3.81. The van der Waals surface area contributed by atoms with E-state index in [2.05, 4.69) is 6.92 Å². The third kappa shape index (κ3) is 2.10. The van der Waals surface area contributed by atoms with Crippen molar-refractivity contribution in [1.29, 1.82) is 0 Å². The van der Waals surface area contributed by atoms with Crippen LogP contribution >= 0.6 is 11.3 Å². The number of carbonyl (C=O) groups excluding carboxylic acids is 1. The average Bonchev–Trinajstić information content (AvgIpc) is 3.04. The van der Waals surface area contributed by atoms with Crippen molar-refractivity contribution in [1.82, 2.24) is 4.90 Å². The van der Waals surface area contributed by atoms with Crippen LogP contribution in [0.4, 0.5) is 5.69 Å². The molecule has 1 aliphatic rings. The molecule has 3 rings (SSSR count). The van der Waals surface area contributed by atoms with Crippen LogP contribution in [0.2, 0.25) is 0 Å². The minimum absolute atomic E-state index is 0.106. The average molecular weight is 274 g/mol. The van der Waals surface area contributed by atoms with Crippen LogP contribution in [0.5, 0.6) is 0 Å². The van der Waals surface area contributed by atoms with Crippen molar-refractivity contribution in [2.24, 2.45) is 5.92 Å². The SMILES string of the molecule is CCC1CCN(C(=O)c2sc3ccccc3c2N)C1. The van der Waals surface area contributed by atoms with Crippen molar-refractivity contribution in [3.63, 3.8) is 0 Å². The van der Waals surface area contributed by atoms with E-state index in [9.17, 15) is 4.79 Å². The number of benzene rings is 1. The van der Waals surface area contributed by atoms with Gasteiger partial charge in [-0.15, -0.1) is 11.3 Å². The minimum atomic E-state index is 0.106. The number of hydrogen-bond acceptors (Lipinski definition) is 3. The van der Waals surface area contributed by atoms with Crippen molar-refractivity contribution in [3.8, 4) is 0 Å². The molecule has 1 aliphatic heterocycles. The highest BCUT2D eigenvalue weighted by Gasteiger charge is 2.28. The quantitative estimate of drug-likeness (QED) is 0.912. The molecule has 2 heterocycles. The molecule has 3 nitrogen and oxygen atoms in total. The van der Waals surface area contributed by atoms with E-state index >= 15 is 0 Å². The maximum absolute atomic E-state index is 12.6. The first-order valence-electron chi connectivity index (χ1n) is 6.77. The maximum Gasteiger partial charge on any atom is 0.266 e. The van der Waals surface area contributed by atoms with Gasteiger partial charge >= 0.3 is 0 Å². The normalized spacial score (nSPS) is 19.2. The van der Waals surface area contributed by atoms with E-state index in [4.69, 9.17) is 5.73 Å². The zero-order valence-corrected chi connectivity index (χ0v) is 11.9. The van der Waals surface area contributed by atoms with Crippen LogP contribution < -0.4 is 5.73 Å². The Labute approximate surface area is 117 Å². The molecule has 19 heavy (non-hydrogen) atoms. The molecule has 2 aromatic rings. The predicted octanol–water partition coefficient (Wildman–Crippen LogP) is 3.36. The van der Waals surface area contributed by atoms with E-state index in [1.807, 2.05) is 29.2 Å². The van der Waals surface area contributed by atoms with Crippen molar-refractivity contribution < 1.29 is 4.79 Å². The van der Waals surface area contributed by atoms with E-state index in [1.165, 1.54) is 11.3 Å². The van der Waals surface area contributed by atoms with Crippen molar-refractivity contribution in [3.05, 3.63) is 29.1 Å². The largest absolute Gasteiger partial charge is 0.397 e. The highest BCUT2D eigenvalue weighted by atomic mass is 32.1. The first kappa shape index (κ1) is 12.5. The number of fused-ring (bicyclic) bond motifs is 1. The molecule has 2 N–H and O–H groups in total. The number of thiophene rings is 1. The van der Waals surface area contributed by atoms with Gasteiger partial charge in [-0.1, -0.05) is 31.5 Å². The van der Waals surface area contributed by atoms with Crippen LogP contribution in [-0.2, 0) is 0 Å². The van der Waals surface area contributed by atoms with Gasteiger partial charge in [0.15, 0.2) is 0 Å².